The number of nitrogens with one attached hydrogen (secondary N) is 1. The van der Waals surface area contributed by atoms with Crippen LogP contribution in [0.4, 0.5) is 4.79 Å². The van der Waals surface area contributed by atoms with Crippen molar-refractivity contribution in [3.63, 3.8) is 0 Å². The molecule has 1 N–H and O–H groups in total. The van der Waals surface area contributed by atoms with Gasteiger partial charge in [-0.25, -0.2) is 4.79 Å². The Morgan fingerprint density at radius 2 is 2.04 bits per heavy atom. The van der Waals surface area contributed by atoms with E-state index >= 15 is 0 Å². The van der Waals surface area contributed by atoms with Crippen molar-refractivity contribution >= 4 is 11.9 Å². The maximum absolute atomic E-state index is 12.5. The van der Waals surface area contributed by atoms with Crippen molar-refractivity contribution in [2.24, 2.45) is 0 Å². The molecule has 0 spiro atoms. The Balaban J connectivity index is 1.43. The van der Waals surface area contributed by atoms with Crippen molar-refractivity contribution < 1.29 is 14.3 Å². The summed E-state index contributed by atoms with van der Waals surface area (Å²) in [6.07, 6.45) is 3.06. The van der Waals surface area contributed by atoms with Crippen LogP contribution in [0.3, 0.4) is 0 Å². The summed E-state index contributed by atoms with van der Waals surface area (Å²) in [5, 5.41) is 2.86. The van der Waals surface area contributed by atoms with Crippen molar-refractivity contribution in [3.05, 3.63) is 0 Å². The number of hydrogen-bond acceptors (Lipinski definition) is 4. The maximum atomic E-state index is 12.5. The first-order valence-corrected chi connectivity index (χ1v) is 8.83. The summed E-state index contributed by atoms with van der Waals surface area (Å²) in [6, 6.07) is 0.398. The number of amides is 3. The second-order valence-electron chi connectivity index (χ2n) is 6.67. The minimum atomic E-state index is 0.0680. The highest BCUT2D eigenvalue weighted by atomic mass is 16.5. The van der Waals surface area contributed by atoms with Gasteiger partial charge in [-0.15, -0.1) is 0 Å². The lowest BCUT2D eigenvalue weighted by Crippen LogP contribution is -2.51. The van der Waals surface area contributed by atoms with Crippen molar-refractivity contribution in [1.29, 1.82) is 0 Å². The molecule has 0 aliphatic carbocycles. The SMILES string of the molecule is CC[C@@H]1CN(C(=O)CN2CCC(N3CCNC3=O)CC2)CCO1. The summed E-state index contributed by atoms with van der Waals surface area (Å²) in [4.78, 5) is 30.3. The molecule has 0 saturated carbocycles. The number of urea groups is 1. The van der Waals surface area contributed by atoms with Crippen molar-refractivity contribution in [1.82, 2.24) is 20.0 Å². The smallest absolute Gasteiger partial charge is 0.317 e. The molecule has 3 fully saturated rings. The van der Waals surface area contributed by atoms with Crippen LogP contribution < -0.4 is 5.32 Å². The number of carbonyl (C=O) groups excluding carboxylic acids is 2. The fourth-order valence-electron chi connectivity index (χ4n) is 3.71. The molecule has 3 aliphatic heterocycles. The van der Waals surface area contributed by atoms with E-state index in [1.807, 2.05) is 9.80 Å². The van der Waals surface area contributed by atoms with Gasteiger partial charge in [-0.3, -0.25) is 9.69 Å². The highest BCUT2D eigenvalue weighted by molar-refractivity contribution is 5.78. The minimum Gasteiger partial charge on any atom is -0.375 e. The van der Waals surface area contributed by atoms with Crippen LogP contribution in [0.5, 0.6) is 0 Å². The average Bonchev–Trinajstić information content (AvgIpc) is 3.01. The zero-order valence-electron chi connectivity index (χ0n) is 14.0. The van der Waals surface area contributed by atoms with E-state index in [9.17, 15) is 9.59 Å². The number of hydrogen-bond donors (Lipinski definition) is 1. The Morgan fingerprint density at radius 1 is 1.26 bits per heavy atom. The van der Waals surface area contributed by atoms with Crippen molar-refractivity contribution in [2.75, 3.05) is 52.4 Å². The molecule has 7 heteroatoms. The monoisotopic (exact) mass is 324 g/mol. The Bertz CT molecular complexity index is 437. The van der Waals surface area contributed by atoms with E-state index in [0.717, 1.165) is 52.0 Å². The lowest BCUT2D eigenvalue weighted by Gasteiger charge is -2.38. The molecular formula is C16H28N4O3. The Morgan fingerprint density at radius 3 is 2.70 bits per heavy atom. The fourth-order valence-corrected chi connectivity index (χ4v) is 3.71. The van der Waals surface area contributed by atoms with E-state index in [4.69, 9.17) is 4.74 Å². The number of rotatable bonds is 4. The van der Waals surface area contributed by atoms with Gasteiger partial charge in [0.25, 0.3) is 0 Å². The zero-order valence-corrected chi connectivity index (χ0v) is 14.0. The lowest BCUT2D eigenvalue weighted by molar-refractivity contribution is -0.140. The summed E-state index contributed by atoms with van der Waals surface area (Å²) in [7, 11) is 0. The molecule has 0 unspecified atom stereocenters. The minimum absolute atomic E-state index is 0.0680. The molecule has 7 nitrogen and oxygen atoms in total. The second kappa shape index (κ2) is 7.49. The van der Waals surface area contributed by atoms with Crippen LogP contribution in [0, 0.1) is 0 Å². The van der Waals surface area contributed by atoms with Gasteiger partial charge in [0, 0.05) is 45.3 Å². The van der Waals surface area contributed by atoms with Gasteiger partial charge < -0.3 is 19.9 Å². The Labute approximate surface area is 137 Å². The molecule has 3 amide bonds. The summed E-state index contributed by atoms with van der Waals surface area (Å²) < 4.78 is 5.63. The molecule has 0 radical (unpaired) electrons. The number of ether oxygens (including phenoxy) is 1. The number of likely N-dealkylation sites (tertiary alicyclic amines) is 1. The van der Waals surface area contributed by atoms with Crippen LogP contribution in [0.25, 0.3) is 0 Å². The molecule has 23 heavy (non-hydrogen) atoms. The van der Waals surface area contributed by atoms with Crippen LogP contribution in [0.15, 0.2) is 0 Å². The third kappa shape index (κ3) is 3.95. The van der Waals surface area contributed by atoms with Gasteiger partial charge in [-0.1, -0.05) is 6.92 Å². The first-order chi connectivity index (χ1) is 11.2. The third-order valence-electron chi connectivity index (χ3n) is 5.19. The lowest BCUT2D eigenvalue weighted by atomic mass is 10.0. The molecule has 3 rings (SSSR count). The van der Waals surface area contributed by atoms with Crippen LogP contribution in [0.2, 0.25) is 0 Å². The van der Waals surface area contributed by atoms with E-state index < -0.39 is 0 Å². The number of piperidine rings is 1. The molecule has 3 saturated heterocycles. The molecular weight excluding hydrogens is 296 g/mol. The number of nitrogens with zero attached hydrogens (tertiary/aromatic N) is 3. The fraction of sp³-hybridized carbons (Fsp3) is 0.875. The second-order valence-corrected chi connectivity index (χ2v) is 6.67. The molecule has 0 aromatic heterocycles. The van der Waals surface area contributed by atoms with Crippen LogP contribution in [-0.2, 0) is 9.53 Å². The first kappa shape index (κ1) is 16.5. The van der Waals surface area contributed by atoms with Gasteiger partial charge in [-0.2, -0.15) is 0 Å². The molecule has 3 aliphatic rings. The van der Waals surface area contributed by atoms with Crippen molar-refractivity contribution in [2.45, 2.75) is 38.3 Å². The molecule has 0 bridgehead atoms. The van der Waals surface area contributed by atoms with Gasteiger partial charge in [0.2, 0.25) is 5.91 Å². The third-order valence-corrected chi connectivity index (χ3v) is 5.19. The summed E-state index contributed by atoms with van der Waals surface area (Å²) >= 11 is 0. The van der Waals surface area contributed by atoms with Crippen LogP contribution >= 0.6 is 0 Å². The summed E-state index contributed by atoms with van der Waals surface area (Å²) in [5.74, 6) is 0.212. The van der Waals surface area contributed by atoms with E-state index in [1.54, 1.807) is 0 Å². The topological polar surface area (TPSA) is 65.1 Å². The predicted molar refractivity (Wildman–Crippen MR) is 86.2 cm³/mol. The standard InChI is InChI=1S/C16H28N4O3/c1-2-14-11-19(9-10-23-14)15(21)12-18-6-3-13(4-7-18)20-8-5-17-16(20)22/h13-14H,2-12H2,1H3,(H,17,22)/t14-/m1/s1. The van der Waals surface area contributed by atoms with Crippen molar-refractivity contribution in [3.8, 4) is 0 Å². The van der Waals surface area contributed by atoms with Gasteiger partial charge in [0.05, 0.1) is 19.3 Å². The van der Waals surface area contributed by atoms with Gasteiger partial charge in [0.1, 0.15) is 0 Å². The molecule has 1 atom stereocenters. The first-order valence-electron chi connectivity index (χ1n) is 8.83. The predicted octanol–water partition coefficient (Wildman–Crippen LogP) is 0.113. The molecule has 130 valence electrons. The molecule has 0 aromatic carbocycles. The average molecular weight is 324 g/mol. The number of carbonyl (C=O) groups is 2. The maximum Gasteiger partial charge on any atom is 0.317 e. The molecule has 3 heterocycles. The van der Waals surface area contributed by atoms with Crippen LogP contribution in [-0.4, -0.2) is 91.2 Å². The van der Waals surface area contributed by atoms with E-state index in [2.05, 4.69) is 17.1 Å². The van der Waals surface area contributed by atoms with Gasteiger partial charge in [0.15, 0.2) is 0 Å². The normalized spacial score (nSPS) is 27.3. The highest BCUT2D eigenvalue weighted by Gasteiger charge is 2.32. The van der Waals surface area contributed by atoms with E-state index in [-0.39, 0.29) is 18.0 Å². The molecule has 0 aromatic rings. The summed E-state index contributed by atoms with van der Waals surface area (Å²) in [5.41, 5.74) is 0. The quantitative estimate of drug-likeness (QED) is 0.797. The van der Waals surface area contributed by atoms with Gasteiger partial charge in [-0.05, 0) is 19.3 Å². The Kier molecular flexibility index (Phi) is 5.38. The largest absolute Gasteiger partial charge is 0.375 e. The van der Waals surface area contributed by atoms with E-state index in [0.29, 0.717) is 25.7 Å². The van der Waals surface area contributed by atoms with Gasteiger partial charge >= 0.3 is 6.03 Å². The zero-order chi connectivity index (χ0) is 16.2. The number of morpholine rings is 1. The Hall–Kier alpha value is -1.34. The van der Waals surface area contributed by atoms with Crippen LogP contribution in [0.1, 0.15) is 26.2 Å². The van der Waals surface area contributed by atoms with E-state index in [1.165, 1.54) is 0 Å². The summed E-state index contributed by atoms with van der Waals surface area (Å²) in [6.45, 7) is 8.02. The highest BCUT2D eigenvalue weighted by Crippen LogP contribution is 2.18.